The summed E-state index contributed by atoms with van der Waals surface area (Å²) in [7, 11) is -3.27. The Labute approximate surface area is 127 Å². The van der Waals surface area contributed by atoms with Crippen molar-refractivity contribution in [3.8, 4) is 0 Å². The summed E-state index contributed by atoms with van der Waals surface area (Å²) in [5.74, 6) is 0.612. The van der Waals surface area contributed by atoms with Gasteiger partial charge in [-0.1, -0.05) is 0 Å². The molecule has 0 aliphatic carbocycles. The van der Waals surface area contributed by atoms with E-state index < -0.39 is 10.0 Å². The summed E-state index contributed by atoms with van der Waals surface area (Å²) in [4.78, 5) is 0. The first-order chi connectivity index (χ1) is 10.1. The third-order valence-electron chi connectivity index (χ3n) is 4.69. The molecule has 2 aliphatic rings. The standard InChI is InChI=1S/C14H27NO5S/c16-12-14(4-8-20-9-5-14)11-15-21(17,18)10-3-13-1-6-19-7-2-13/h13,15-16H,1-12H2. The van der Waals surface area contributed by atoms with Crippen molar-refractivity contribution < 1.29 is 23.0 Å². The van der Waals surface area contributed by atoms with Crippen LogP contribution >= 0.6 is 0 Å². The van der Waals surface area contributed by atoms with Crippen molar-refractivity contribution >= 4 is 10.0 Å². The van der Waals surface area contributed by atoms with Crippen LogP contribution in [0, 0.1) is 11.3 Å². The fourth-order valence-electron chi connectivity index (χ4n) is 2.89. The van der Waals surface area contributed by atoms with Crippen LogP contribution in [0.3, 0.4) is 0 Å². The first-order valence-corrected chi connectivity index (χ1v) is 9.44. The summed E-state index contributed by atoms with van der Waals surface area (Å²) in [6.45, 7) is 2.97. The Kier molecular flexibility index (Phi) is 6.43. The maximum Gasteiger partial charge on any atom is 0.211 e. The second-order valence-corrected chi connectivity index (χ2v) is 8.18. The lowest BCUT2D eigenvalue weighted by Gasteiger charge is -2.35. The van der Waals surface area contributed by atoms with Gasteiger partial charge >= 0.3 is 0 Å². The topological polar surface area (TPSA) is 84.9 Å². The molecule has 124 valence electrons. The molecule has 2 fully saturated rings. The molecule has 2 aliphatic heterocycles. The molecule has 2 heterocycles. The highest BCUT2D eigenvalue weighted by Crippen LogP contribution is 2.29. The van der Waals surface area contributed by atoms with Gasteiger partial charge in [-0.2, -0.15) is 0 Å². The predicted octanol–water partition coefficient (Wildman–Crippen LogP) is 0.512. The number of nitrogens with one attached hydrogen (secondary N) is 1. The lowest BCUT2D eigenvalue weighted by atomic mass is 9.81. The smallest absolute Gasteiger partial charge is 0.211 e. The van der Waals surface area contributed by atoms with Crippen LogP contribution in [0.1, 0.15) is 32.1 Å². The summed E-state index contributed by atoms with van der Waals surface area (Å²) in [5, 5.41) is 9.57. The van der Waals surface area contributed by atoms with Crippen molar-refractivity contribution in [1.29, 1.82) is 0 Å². The molecule has 2 rings (SSSR count). The highest BCUT2D eigenvalue weighted by Gasteiger charge is 2.33. The minimum atomic E-state index is -3.27. The normalized spacial score (nSPS) is 24.0. The third-order valence-corrected chi connectivity index (χ3v) is 6.05. The Bertz CT molecular complexity index is 400. The Morgan fingerprint density at radius 3 is 2.33 bits per heavy atom. The third kappa shape index (κ3) is 5.49. The molecule has 7 heteroatoms. The zero-order valence-corrected chi connectivity index (χ0v) is 13.4. The van der Waals surface area contributed by atoms with Crippen LogP contribution in [-0.2, 0) is 19.5 Å². The zero-order valence-electron chi connectivity index (χ0n) is 12.6. The predicted molar refractivity (Wildman–Crippen MR) is 79.5 cm³/mol. The minimum absolute atomic E-state index is 0.00115. The molecule has 0 aromatic rings. The average Bonchev–Trinajstić information content (AvgIpc) is 2.53. The lowest BCUT2D eigenvalue weighted by Crippen LogP contribution is -2.44. The fraction of sp³-hybridized carbons (Fsp3) is 1.00. The van der Waals surface area contributed by atoms with Crippen molar-refractivity contribution in [2.45, 2.75) is 32.1 Å². The van der Waals surface area contributed by atoms with Crippen LogP contribution in [0.25, 0.3) is 0 Å². The molecule has 0 amide bonds. The first kappa shape index (κ1) is 17.1. The minimum Gasteiger partial charge on any atom is -0.396 e. The molecule has 21 heavy (non-hydrogen) atoms. The van der Waals surface area contributed by atoms with Gasteiger partial charge in [0.25, 0.3) is 0 Å². The summed E-state index contributed by atoms with van der Waals surface area (Å²) in [6, 6.07) is 0. The van der Waals surface area contributed by atoms with Gasteiger partial charge < -0.3 is 14.6 Å². The van der Waals surface area contributed by atoms with Crippen LogP contribution in [0.15, 0.2) is 0 Å². The molecular formula is C14H27NO5S. The number of aliphatic hydroxyl groups is 1. The van der Waals surface area contributed by atoms with Gasteiger partial charge in [-0.3, -0.25) is 0 Å². The van der Waals surface area contributed by atoms with E-state index in [4.69, 9.17) is 9.47 Å². The fourth-order valence-corrected chi connectivity index (χ4v) is 4.20. The SMILES string of the molecule is O=S(=O)(CCC1CCOCC1)NCC1(CO)CCOCC1. The number of aliphatic hydroxyl groups excluding tert-OH is 1. The number of rotatable bonds is 7. The molecule has 2 N–H and O–H groups in total. The van der Waals surface area contributed by atoms with E-state index >= 15 is 0 Å². The average molecular weight is 321 g/mol. The highest BCUT2D eigenvalue weighted by atomic mass is 32.2. The van der Waals surface area contributed by atoms with E-state index in [1.807, 2.05) is 0 Å². The van der Waals surface area contributed by atoms with E-state index in [-0.39, 0.29) is 17.8 Å². The molecule has 2 saturated heterocycles. The first-order valence-electron chi connectivity index (χ1n) is 7.79. The zero-order chi connectivity index (χ0) is 15.2. The number of sulfonamides is 1. The number of hydrogen-bond acceptors (Lipinski definition) is 5. The van der Waals surface area contributed by atoms with Crippen LogP contribution < -0.4 is 4.72 Å². The molecule has 0 atom stereocenters. The molecule has 6 nitrogen and oxygen atoms in total. The van der Waals surface area contributed by atoms with E-state index in [9.17, 15) is 13.5 Å². The maximum atomic E-state index is 12.1. The van der Waals surface area contributed by atoms with Gasteiger partial charge in [0.15, 0.2) is 0 Å². The second kappa shape index (κ2) is 7.87. The molecule has 0 aromatic carbocycles. The van der Waals surface area contributed by atoms with Crippen molar-refractivity contribution in [3.05, 3.63) is 0 Å². The van der Waals surface area contributed by atoms with Crippen molar-refractivity contribution in [1.82, 2.24) is 4.72 Å². The highest BCUT2D eigenvalue weighted by molar-refractivity contribution is 7.89. The van der Waals surface area contributed by atoms with E-state index in [2.05, 4.69) is 4.72 Å². The number of ether oxygens (including phenoxy) is 2. The van der Waals surface area contributed by atoms with Crippen molar-refractivity contribution in [3.63, 3.8) is 0 Å². The quantitative estimate of drug-likeness (QED) is 0.714. The lowest BCUT2D eigenvalue weighted by molar-refractivity contribution is -0.0126. The molecule has 0 bridgehead atoms. The summed E-state index contributed by atoms with van der Waals surface area (Å²) >= 11 is 0. The van der Waals surface area contributed by atoms with Crippen LogP contribution in [0.4, 0.5) is 0 Å². The van der Waals surface area contributed by atoms with Gasteiger partial charge in [0.2, 0.25) is 10.0 Å². The van der Waals surface area contributed by atoms with Gasteiger partial charge in [-0.15, -0.1) is 0 Å². The van der Waals surface area contributed by atoms with Crippen LogP contribution in [-0.4, -0.2) is 58.9 Å². The monoisotopic (exact) mass is 321 g/mol. The molecular weight excluding hydrogens is 294 g/mol. The van der Waals surface area contributed by atoms with Crippen LogP contribution in [0.2, 0.25) is 0 Å². The van der Waals surface area contributed by atoms with Gasteiger partial charge in [-0.25, -0.2) is 13.1 Å². The van der Waals surface area contributed by atoms with E-state index in [0.717, 1.165) is 26.1 Å². The summed E-state index contributed by atoms with van der Waals surface area (Å²) in [5.41, 5.74) is -0.357. The molecule has 0 spiro atoms. The van der Waals surface area contributed by atoms with Gasteiger partial charge in [0, 0.05) is 38.4 Å². The maximum absolute atomic E-state index is 12.1. The molecule has 0 radical (unpaired) electrons. The molecule has 0 unspecified atom stereocenters. The Balaban J connectivity index is 1.77. The number of hydrogen-bond donors (Lipinski definition) is 2. The summed E-state index contributed by atoms with van der Waals surface area (Å²) < 4.78 is 37.5. The van der Waals surface area contributed by atoms with E-state index in [1.165, 1.54) is 0 Å². The van der Waals surface area contributed by atoms with E-state index in [0.29, 0.717) is 44.9 Å². The van der Waals surface area contributed by atoms with Gasteiger partial charge in [0.05, 0.1) is 12.4 Å². The Hall–Kier alpha value is -0.210. The van der Waals surface area contributed by atoms with Gasteiger partial charge in [-0.05, 0) is 38.0 Å². The summed E-state index contributed by atoms with van der Waals surface area (Å²) in [6.07, 6.45) is 3.99. The Morgan fingerprint density at radius 1 is 1.10 bits per heavy atom. The van der Waals surface area contributed by atoms with Crippen molar-refractivity contribution in [2.75, 3.05) is 45.3 Å². The van der Waals surface area contributed by atoms with E-state index in [1.54, 1.807) is 0 Å². The van der Waals surface area contributed by atoms with Crippen molar-refractivity contribution in [2.24, 2.45) is 11.3 Å². The Morgan fingerprint density at radius 2 is 1.71 bits per heavy atom. The second-order valence-electron chi connectivity index (χ2n) is 6.25. The largest absolute Gasteiger partial charge is 0.396 e. The van der Waals surface area contributed by atoms with Crippen LogP contribution in [0.5, 0.6) is 0 Å². The molecule has 0 aromatic heterocycles. The molecule has 0 saturated carbocycles. The van der Waals surface area contributed by atoms with Gasteiger partial charge in [0.1, 0.15) is 0 Å².